The van der Waals surface area contributed by atoms with E-state index < -0.39 is 6.04 Å². The summed E-state index contributed by atoms with van der Waals surface area (Å²) in [5.41, 5.74) is 4.97. The minimum Gasteiger partial charge on any atom is -0.455 e. The summed E-state index contributed by atoms with van der Waals surface area (Å²) < 4.78 is 49.5. The Morgan fingerprint density at radius 1 is 0.477 bits per heavy atom. The van der Waals surface area contributed by atoms with Crippen molar-refractivity contribution in [3.05, 3.63) is 164 Å². The number of fused-ring (bicyclic) bond motifs is 7. The van der Waals surface area contributed by atoms with Gasteiger partial charge in [-0.15, -0.1) is 0 Å². The first kappa shape index (κ1) is 20.1. The highest BCUT2D eigenvalue weighted by Gasteiger charge is 2.23. The second-order valence-electron chi connectivity index (χ2n) is 10.9. The maximum absolute atomic E-state index is 8.87. The van der Waals surface area contributed by atoms with Gasteiger partial charge < -0.3 is 9.32 Å². The van der Waals surface area contributed by atoms with Gasteiger partial charge in [0.2, 0.25) is 0 Å². The number of hydrogen-bond acceptors (Lipinski definition) is 2. The molecule has 0 saturated heterocycles. The van der Waals surface area contributed by atoms with Gasteiger partial charge in [-0.2, -0.15) is 0 Å². The van der Waals surface area contributed by atoms with Crippen LogP contribution in [0.3, 0.4) is 0 Å². The minimum absolute atomic E-state index is 0.163. The topological polar surface area (TPSA) is 16.4 Å². The van der Waals surface area contributed by atoms with Gasteiger partial charge in [0.15, 0.2) is 0 Å². The van der Waals surface area contributed by atoms with E-state index in [1.54, 1.807) is 0 Å². The Morgan fingerprint density at radius 3 is 1.70 bits per heavy atom. The first-order valence-electron chi connectivity index (χ1n) is 17.1. The number of nitrogens with zero attached hydrogens (tertiary/aromatic N) is 1. The zero-order valence-electron chi connectivity index (χ0n) is 28.6. The highest BCUT2D eigenvalue weighted by atomic mass is 16.3. The Bertz CT molecular complexity index is 2690. The van der Waals surface area contributed by atoms with Crippen LogP contribution in [-0.4, -0.2) is 0 Å². The predicted octanol–water partition coefficient (Wildman–Crippen LogP) is 12.2. The zero-order valence-corrected chi connectivity index (χ0v) is 23.6. The molecule has 9 aromatic rings. The van der Waals surface area contributed by atoms with E-state index in [1.165, 1.54) is 0 Å². The summed E-state index contributed by atoms with van der Waals surface area (Å²) in [6, 6.07) is 43.5. The number of benzene rings is 8. The van der Waals surface area contributed by atoms with Crippen molar-refractivity contribution in [2.24, 2.45) is 0 Å². The average Bonchev–Trinajstić information content (AvgIpc) is 3.53. The van der Waals surface area contributed by atoms with E-state index in [2.05, 4.69) is 83.8 Å². The fraction of sp³-hybridized carbons (Fsp3) is 0. The molecule has 8 aromatic carbocycles. The molecule has 0 atom stereocenters. The Kier molecular flexibility index (Phi) is 4.51. The number of hydrogen-bond donors (Lipinski definition) is 0. The predicted molar refractivity (Wildman–Crippen MR) is 186 cm³/mol. The molecule has 0 saturated carbocycles. The van der Waals surface area contributed by atoms with Crippen LogP contribution in [0.25, 0.3) is 65.4 Å². The molecule has 2 nitrogen and oxygen atoms in total. The number of rotatable bonds is 4. The first-order chi connectivity index (χ1) is 23.9. The van der Waals surface area contributed by atoms with Crippen LogP contribution < -0.4 is 4.90 Å². The quantitative estimate of drug-likeness (QED) is 0.211. The van der Waals surface area contributed by atoms with Crippen molar-refractivity contribution in [2.75, 3.05) is 4.90 Å². The second kappa shape index (κ2) is 9.86. The van der Waals surface area contributed by atoms with Crippen LogP contribution in [0.2, 0.25) is 0 Å². The minimum atomic E-state index is -0.416. The van der Waals surface area contributed by atoms with Gasteiger partial charge in [-0.05, 0) is 57.6 Å². The molecule has 0 aliphatic heterocycles. The van der Waals surface area contributed by atoms with Gasteiger partial charge in [0.05, 0.1) is 29.3 Å². The SMILES string of the molecule is [2H]c1c([2H])c([2H])c(-c2cc3c(oc4cccc(N(c5cccc6ccccc56)c5cccc6ccccc56)c43)c3ccccc23)c([2H])c1[2H]. The van der Waals surface area contributed by atoms with Gasteiger partial charge in [-0.1, -0.05) is 133 Å². The van der Waals surface area contributed by atoms with E-state index in [4.69, 9.17) is 11.3 Å². The smallest absolute Gasteiger partial charge is 0.143 e. The fourth-order valence-corrected chi connectivity index (χ4v) is 6.60. The molecule has 206 valence electrons. The van der Waals surface area contributed by atoms with Gasteiger partial charge in [-0.3, -0.25) is 0 Å². The standard InChI is InChI=1S/C42H27NO/c1-2-13-30(14-3-1)35-27-36-41-39(25-12-26-40(41)44-42(36)34-22-9-8-21-33(34)35)43(37-23-10-17-28-15-4-6-19-31(28)37)38-24-11-18-29-16-5-7-20-32(29)38/h1-27H/i1D,2D,3D,13D,14D. The van der Waals surface area contributed by atoms with Crippen LogP contribution in [0.1, 0.15) is 6.85 Å². The molecule has 2 heteroatoms. The maximum Gasteiger partial charge on any atom is 0.143 e. The lowest BCUT2D eigenvalue weighted by Gasteiger charge is -2.28. The van der Waals surface area contributed by atoms with Crippen molar-refractivity contribution in [3.8, 4) is 11.1 Å². The summed E-state index contributed by atoms with van der Waals surface area (Å²) in [6.07, 6.45) is 0. The van der Waals surface area contributed by atoms with Crippen molar-refractivity contribution in [1.82, 2.24) is 0 Å². The molecule has 0 fully saturated rings. The van der Waals surface area contributed by atoms with E-state index in [0.29, 0.717) is 16.7 Å². The summed E-state index contributed by atoms with van der Waals surface area (Å²) in [5, 5.41) is 7.60. The van der Waals surface area contributed by atoms with Crippen molar-refractivity contribution >= 4 is 71.3 Å². The molecule has 0 aliphatic rings. The van der Waals surface area contributed by atoms with Gasteiger partial charge in [0, 0.05) is 21.5 Å². The van der Waals surface area contributed by atoms with Crippen LogP contribution >= 0.6 is 0 Å². The molecular formula is C42H27NO. The van der Waals surface area contributed by atoms with Gasteiger partial charge in [0.1, 0.15) is 11.2 Å². The van der Waals surface area contributed by atoms with Gasteiger partial charge in [-0.25, -0.2) is 0 Å². The third-order valence-electron chi connectivity index (χ3n) is 8.51. The summed E-state index contributed by atoms with van der Waals surface area (Å²) >= 11 is 0. The largest absolute Gasteiger partial charge is 0.455 e. The monoisotopic (exact) mass is 566 g/mol. The zero-order chi connectivity index (χ0) is 33.4. The highest BCUT2D eigenvalue weighted by molar-refractivity contribution is 6.23. The molecule has 1 aromatic heterocycles. The molecule has 0 bridgehead atoms. The summed E-state index contributed by atoms with van der Waals surface area (Å²) in [7, 11) is 0. The van der Waals surface area contributed by atoms with Crippen molar-refractivity contribution < 1.29 is 11.3 Å². The van der Waals surface area contributed by atoms with Crippen LogP contribution in [0.4, 0.5) is 17.1 Å². The van der Waals surface area contributed by atoms with E-state index in [9.17, 15) is 0 Å². The van der Waals surface area contributed by atoms with Crippen LogP contribution in [-0.2, 0) is 0 Å². The Hall–Kier alpha value is -5.86. The van der Waals surface area contributed by atoms with Crippen molar-refractivity contribution in [2.45, 2.75) is 0 Å². The highest BCUT2D eigenvalue weighted by Crippen LogP contribution is 2.48. The van der Waals surface area contributed by atoms with Crippen molar-refractivity contribution in [3.63, 3.8) is 0 Å². The molecule has 44 heavy (non-hydrogen) atoms. The van der Waals surface area contributed by atoms with Crippen LogP contribution in [0, 0.1) is 0 Å². The third kappa shape index (κ3) is 3.75. The van der Waals surface area contributed by atoms with Gasteiger partial charge in [0.25, 0.3) is 0 Å². The Labute approximate surface area is 262 Å². The lowest BCUT2D eigenvalue weighted by atomic mass is 9.95. The van der Waals surface area contributed by atoms with Crippen LogP contribution in [0.15, 0.2) is 168 Å². The van der Waals surface area contributed by atoms with Crippen molar-refractivity contribution in [1.29, 1.82) is 0 Å². The van der Waals surface area contributed by atoms with E-state index in [-0.39, 0.29) is 29.7 Å². The van der Waals surface area contributed by atoms with Gasteiger partial charge >= 0.3 is 0 Å². The summed E-state index contributed by atoms with van der Waals surface area (Å²) in [4.78, 5) is 2.29. The molecule has 0 amide bonds. The van der Waals surface area contributed by atoms with E-state index in [0.717, 1.165) is 60.2 Å². The Balaban J connectivity index is 1.44. The first-order valence-corrected chi connectivity index (χ1v) is 14.6. The van der Waals surface area contributed by atoms with Crippen LogP contribution in [0.5, 0.6) is 0 Å². The summed E-state index contributed by atoms with van der Waals surface area (Å²) in [6.45, 7) is 0. The maximum atomic E-state index is 8.87. The third-order valence-corrected chi connectivity index (χ3v) is 8.51. The average molecular weight is 567 g/mol. The molecule has 0 spiro atoms. The summed E-state index contributed by atoms with van der Waals surface area (Å²) in [5.74, 6) is 0. The molecule has 0 aliphatic carbocycles. The molecule has 0 N–H and O–H groups in total. The number of anilines is 3. The molecule has 0 radical (unpaired) electrons. The second-order valence-corrected chi connectivity index (χ2v) is 10.9. The Morgan fingerprint density at radius 2 is 1.02 bits per heavy atom. The molecule has 1 heterocycles. The molecular weight excluding hydrogens is 534 g/mol. The molecule has 9 rings (SSSR count). The lowest BCUT2D eigenvalue weighted by Crippen LogP contribution is -2.11. The molecule has 0 unspecified atom stereocenters. The number of furan rings is 1. The van der Waals surface area contributed by atoms with E-state index >= 15 is 0 Å². The lowest BCUT2D eigenvalue weighted by molar-refractivity contribution is 0.672. The normalized spacial score (nSPS) is 13.2. The fourth-order valence-electron chi connectivity index (χ4n) is 6.60. The van der Waals surface area contributed by atoms with E-state index in [1.807, 2.05) is 54.6 Å².